The van der Waals surface area contributed by atoms with Gasteiger partial charge in [0.15, 0.2) is 5.82 Å². The summed E-state index contributed by atoms with van der Waals surface area (Å²) >= 11 is 0. The molecule has 1 saturated carbocycles. The fraction of sp³-hybridized carbons (Fsp3) is 0.875. The van der Waals surface area contributed by atoms with E-state index < -0.39 is 0 Å². The van der Waals surface area contributed by atoms with Gasteiger partial charge in [-0.15, -0.1) is 0 Å². The Hall–Kier alpha value is -0.900. The zero-order valence-electron chi connectivity index (χ0n) is 13.4. The topological polar surface area (TPSA) is 64.9 Å². The van der Waals surface area contributed by atoms with E-state index in [2.05, 4.69) is 37.8 Å². The van der Waals surface area contributed by atoms with Crippen molar-refractivity contribution in [2.45, 2.75) is 78.2 Å². The average molecular weight is 279 g/mol. The van der Waals surface area contributed by atoms with Gasteiger partial charge < -0.3 is 10.3 Å². The van der Waals surface area contributed by atoms with E-state index in [4.69, 9.17) is 10.3 Å². The molecule has 1 aromatic rings. The number of aromatic nitrogens is 2. The fourth-order valence-corrected chi connectivity index (χ4v) is 3.20. The largest absolute Gasteiger partial charge is 0.339 e. The highest BCUT2D eigenvalue weighted by Gasteiger charge is 2.40. The summed E-state index contributed by atoms with van der Waals surface area (Å²) in [5.74, 6) is 2.20. The SMILES string of the molecule is CCCc1nc(C2(N)CCC(C(C)(C)CC)CC2)no1. The summed E-state index contributed by atoms with van der Waals surface area (Å²) in [7, 11) is 0. The van der Waals surface area contributed by atoms with E-state index >= 15 is 0 Å². The van der Waals surface area contributed by atoms with Crippen molar-refractivity contribution in [3.05, 3.63) is 11.7 Å². The first-order valence-electron chi connectivity index (χ1n) is 8.03. The Morgan fingerprint density at radius 2 is 1.95 bits per heavy atom. The van der Waals surface area contributed by atoms with E-state index in [0.717, 1.165) is 50.3 Å². The third-order valence-electron chi connectivity index (χ3n) is 5.27. The van der Waals surface area contributed by atoms with Gasteiger partial charge >= 0.3 is 0 Å². The molecule has 1 aromatic heterocycles. The molecule has 0 saturated heterocycles. The maximum atomic E-state index is 6.55. The molecule has 0 spiro atoms. The average Bonchev–Trinajstić information content (AvgIpc) is 2.89. The van der Waals surface area contributed by atoms with Gasteiger partial charge in [0.1, 0.15) is 0 Å². The van der Waals surface area contributed by atoms with Crippen LogP contribution in [-0.2, 0) is 12.0 Å². The molecule has 1 heterocycles. The van der Waals surface area contributed by atoms with Crippen LogP contribution in [0.1, 0.15) is 77.9 Å². The molecule has 2 N–H and O–H groups in total. The number of hydrogen-bond acceptors (Lipinski definition) is 4. The number of rotatable bonds is 5. The zero-order valence-corrected chi connectivity index (χ0v) is 13.4. The van der Waals surface area contributed by atoms with Crippen LogP contribution < -0.4 is 5.73 Å². The van der Waals surface area contributed by atoms with E-state index in [1.807, 2.05) is 0 Å². The normalized spacial score (nSPS) is 27.8. The second-order valence-electron chi connectivity index (χ2n) is 7.03. The Bertz CT molecular complexity index is 431. The van der Waals surface area contributed by atoms with Crippen LogP contribution in [0.2, 0.25) is 0 Å². The minimum Gasteiger partial charge on any atom is -0.339 e. The molecule has 0 aromatic carbocycles. The Labute approximate surface area is 122 Å². The molecule has 20 heavy (non-hydrogen) atoms. The van der Waals surface area contributed by atoms with Crippen molar-refractivity contribution in [2.75, 3.05) is 0 Å². The van der Waals surface area contributed by atoms with Gasteiger partial charge in [0, 0.05) is 6.42 Å². The lowest BCUT2D eigenvalue weighted by Gasteiger charge is -2.41. The molecule has 2 rings (SSSR count). The van der Waals surface area contributed by atoms with Crippen molar-refractivity contribution in [2.24, 2.45) is 17.1 Å². The molecule has 1 aliphatic carbocycles. The second kappa shape index (κ2) is 5.84. The van der Waals surface area contributed by atoms with Gasteiger partial charge in [-0.25, -0.2) is 0 Å². The molecule has 0 radical (unpaired) electrons. The van der Waals surface area contributed by atoms with Crippen molar-refractivity contribution >= 4 is 0 Å². The lowest BCUT2D eigenvalue weighted by molar-refractivity contribution is 0.110. The van der Waals surface area contributed by atoms with E-state index in [9.17, 15) is 0 Å². The molecule has 0 atom stereocenters. The van der Waals surface area contributed by atoms with E-state index in [-0.39, 0.29) is 5.54 Å². The van der Waals surface area contributed by atoms with Crippen molar-refractivity contribution in [1.82, 2.24) is 10.1 Å². The quantitative estimate of drug-likeness (QED) is 0.890. The number of nitrogens with zero attached hydrogens (tertiary/aromatic N) is 2. The summed E-state index contributed by atoms with van der Waals surface area (Å²) in [4.78, 5) is 4.50. The van der Waals surface area contributed by atoms with Gasteiger partial charge in [-0.2, -0.15) is 4.98 Å². The van der Waals surface area contributed by atoms with E-state index in [1.165, 1.54) is 6.42 Å². The lowest BCUT2D eigenvalue weighted by atomic mass is 9.65. The Morgan fingerprint density at radius 3 is 2.50 bits per heavy atom. The van der Waals surface area contributed by atoms with Gasteiger partial charge in [-0.1, -0.05) is 39.3 Å². The van der Waals surface area contributed by atoms with Crippen LogP contribution in [0.5, 0.6) is 0 Å². The van der Waals surface area contributed by atoms with Gasteiger partial charge in [-0.3, -0.25) is 0 Å². The standard InChI is InChI=1S/C16H29N3O/c1-5-7-13-18-14(19-20-13)16(17)10-8-12(9-11-16)15(3,4)6-2/h12H,5-11,17H2,1-4H3. The third-order valence-corrected chi connectivity index (χ3v) is 5.27. The summed E-state index contributed by atoms with van der Waals surface area (Å²) < 4.78 is 5.30. The summed E-state index contributed by atoms with van der Waals surface area (Å²) in [5.41, 5.74) is 6.58. The summed E-state index contributed by atoms with van der Waals surface area (Å²) in [6, 6.07) is 0. The second-order valence-corrected chi connectivity index (χ2v) is 7.03. The summed E-state index contributed by atoms with van der Waals surface area (Å²) in [6.45, 7) is 9.13. The Balaban J connectivity index is 2.03. The predicted molar refractivity (Wildman–Crippen MR) is 80.2 cm³/mol. The van der Waals surface area contributed by atoms with Crippen LogP contribution in [-0.4, -0.2) is 10.1 Å². The molecule has 0 amide bonds. The first kappa shape index (κ1) is 15.5. The molecule has 0 aliphatic heterocycles. The van der Waals surface area contributed by atoms with E-state index in [1.54, 1.807) is 0 Å². The maximum Gasteiger partial charge on any atom is 0.226 e. The monoisotopic (exact) mass is 279 g/mol. The molecular weight excluding hydrogens is 250 g/mol. The van der Waals surface area contributed by atoms with E-state index in [0.29, 0.717) is 11.2 Å². The lowest BCUT2D eigenvalue weighted by Crippen LogP contribution is -2.43. The van der Waals surface area contributed by atoms with Crippen molar-refractivity contribution in [1.29, 1.82) is 0 Å². The van der Waals surface area contributed by atoms with Crippen molar-refractivity contribution in [3.8, 4) is 0 Å². The highest BCUT2D eigenvalue weighted by atomic mass is 16.5. The number of nitrogens with two attached hydrogens (primary N) is 1. The van der Waals surface area contributed by atoms with Crippen LogP contribution in [0.3, 0.4) is 0 Å². The first-order chi connectivity index (χ1) is 9.41. The molecule has 4 heteroatoms. The molecule has 0 unspecified atom stereocenters. The van der Waals surface area contributed by atoms with Gasteiger partial charge in [0.2, 0.25) is 5.89 Å². The maximum absolute atomic E-state index is 6.55. The number of hydrogen-bond donors (Lipinski definition) is 1. The van der Waals surface area contributed by atoms with Crippen LogP contribution in [0, 0.1) is 11.3 Å². The van der Waals surface area contributed by atoms with Gasteiger partial charge in [0.25, 0.3) is 0 Å². The fourth-order valence-electron chi connectivity index (χ4n) is 3.20. The highest BCUT2D eigenvalue weighted by Crippen LogP contribution is 2.45. The van der Waals surface area contributed by atoms with Gasteiger partial charge in [-0.05, 0) is 43.4 Å². The van der Waals surface area contributed by atoms with Crippen LogP contribution in [0.15, 0.2) is 4.52 Å². The Morgan fingerprint density at radius 1 is 1.30 bits per heavy atom. The van der Waals surface area contributed by atoms with Crippen LogP contribution in [0.4, 0.5) is 0 Å². The zero-order chi connectivity index (χ0) is 14.8. The van der Waals surface area contributed by atoms with Gasteiger partial charge in [0.05, 0.1) is 5.54 Å². The van der Waals surface area contributed by atoms with Crippen molar-refractivity contribution in [3.63, 3.8) is 0 Å². The van der Waals surface area contributed by atoms with Crippen molar-refractivity contribution < 1.29 is 4.52 Å². The highest BCUT2D eigenvalue weighted by molar-refractivity contribution is 5.07. The smallest absolute Gasteiger partial charge is 0.226 e. The Kier molecular flexibility index (Phi) is 4.52. The minimum atomic E-state index is -0.379. The number of aryl methyl sites for hydroxylation is 1. The molecular formula is C16H29N3O. The molecule has 114 valence electrons. The first-order valence-corrected chi connectivity index (χ1v) is 8.03. The van der Waals surface area contributed by atoms with Crippen LogP contribution >= 0.6 is 0 Å². The van der Waals surface area contributed by atoms with Crippen LogP contribution in [0.25, 0.3) is 0 Å². The molecule has 4 nitrogen and oxygen atoms in total. The third kappa shape index (κ3) is 3.05. The molecule has 1 aliphatic rings. The minimum absolute atomic E-state index is 0.379. The molecule has 1 fully saturated rings. The summed E-state index contributed by atoms with van der Waals surface area (Å²) in [6.07, 6.45) is 7.33. The summed E-state index contributed by atoms with van der Waals surface area (Å²) in [5, 5.41) is 4.13. The molecule has 0 bridgehead atoms. The predicted octanol–water partition coefficient (Wildman–Crippen LogP) is 3.80.